The van der Waals surface area contributed by atoms with E-state index < -0.39 is 24.1 Å². The number of benzene rings is 2. The number of carbonyl (C=O) groups excluding carboxylic acids is 3. The van der Waals surface area contributed by atoms with Crippen LogP contribution in [0.2, 0.25) is 0 Å². The number of rotatable bonds is 5. The highest BCUT2D eigenvalue weighted by Gasteiger charge is 2.49. The van der Waals surface area contributed by atoms with Crippen LogP contribution in [-0.2, 0) is 28.1 Å². The lowest BCUT2D eigenvalue weighted by atomic mass is 9.92. The minimum atomic E-state index is -2.96. The molecule has 0 radical (unpaired) electrons. The molecule has 2 aliphatic heterocycles. The van der Waals surface area contributed by atoms with Crippen LogP contribution in [0.15, 0.2) is 48.5 Å². The van der Waals surface area contributed by atoms with Gasteiger partial charge in [0.05, 0.1) is 0 Å². The molecule has 4 rings (SSSR count). The van der Waals surface area contributed by atoms with E-state index in [1.807, 2.05) is 24.3 Å². The molecule has 1 atom stereocenters. The highest BCUT2D eigenvalue weighted by Crippen LogP contribution is 2.30. The quantitative estimate of drug-likeness (QED) is 0.742. The highest BCUT2D eigenvalue weighted by atomic mass is 19.3. The van der Waals surface area contributed by atoms with Gasteiger partial charge in [-0.25, -0.2) is 4.79 Å². The maximum Gasteiger partial charge on any atom is 0.387 e. The average Bonchev–Trinajstić information content (AvgIpc) is 2.97. The van der Waals surface area contributed by atoms with Crippen molar-refractivity contribution in [3.63, 3.8) is 0 Å². The first kappa shape index (κ1) is 20.8. The normalized spacial score (nSPS) is 20.6. The van der Waals surface area contributed by atoms with E-state index in [0.717, 1.165) is 10.5 Å². The van der Waals surface area contributed by atoms with Crippen molar-refractivity contribution in [1.82, 2.24) is 15.1 Å². The molecule has 162 valence electrons. The van der Waals surface area contributed by atoms with Crippen molar-refractivity contribution in [1.29, 1.82) is 0 Å². The number of fused-ring (bicyclic) bond motifs is 1. The molecule has 7 nitrogen and oxygen atoms in total. The molecule has 2 aromatic rings. The highest BCUT2D eigenvalue weighted by molar-refractivity contribution is 6.09. The predicted molar refractivity (Wildman–Crippen MR) is 106 cm³/mol. The van der Waals surface area contributed by atoms with Crippen molar-refractivity contribution < 1.29 is 27.9 Å². The SMILES string of the molecule is C[C@@]1(c2ccc(OC(F)F)cc2)NC(=O)N(CC(=O)N2CCc3ccccc3C2)C1=O. The molecule has 1 N–H and O–H groups in total. The number of hydrogen-bond acceptors (Lipinski definition) is 4. The summed E-state index contributed by atoms with van der Waals surface area (Å²) in [6.45, 7) is -0.867. The number of hydrogen-bond donors (Lipinski definition) is 1. The Bertz CT molecular complexity index is 1030. The third kappa shape index (κ3) is 3.95. The number of amides is 4. The summed E-state index contributed by atoms with van der Waals surface area (Å²) >= 11 is 0. The van der Waals surface area contributed by atoms with E-state index in [1.54, 1.807) is 4.90 Å². The summed E-state index contributed by atoms with van der Waals surface area (Å²) in [5, 5.41) is 2.61. The van der Waals surface area contributed by atoms with E-state index in [2.05, 4.69) is 10.1 Å². The smallest absolute Gasteiger partial charge is 0.387 e. The minimum absolute atomic E-state index is 0.0588. The van der Waals surface area contributed by atoms with E-state index in [-0.39, 0.29) is 18.2 Å². The Balaban J connectivity index is 1.46. The summed E-state index contributed by atoms with van der Waals surface area (Å²) in [6.07, 6.45) is 0.715. The molecule has 0 spiro atoms. The molecule has 0 aromatic heterocycles. The predicted octanol–water partition coefficient (Wildman–Crippen LogP) is 2.64. The van der Waals surface area contributed by atoms with Crippen molar-refractivity contribution in [3.05, 3.63) is 65.2 Å². The van der Waals surface area contributed by atoms with Crippen LogP contribution in [0.3, 0.4) is 0 Å². The van der Waals surface area contributed by atoms with Gasteiger partial charge in [0.15, 0.2) is 0 Å². The molecule has 2 heterocycles. The van der Waals surface area contributed by atoms with Gasteiger partial charge in [-0.15, -0.1) is 0 Å². The van der Waals surface area contributed by atoms with Gasteiger partial charge in [0.25, 0.3) is 5.91 Å². The Morgan fingerprint density at radius 3 is 2.48 bits per heavy atom. The molecular weight excluding hydrogens is 408 g/mol. The first-order valence-electron chi connectivity index (χ1n) is 9.82. The molecule has 0 aliphatic carbocycles. The summed E-state index contributed by atoms with van der Waals surface area (Å²) in [7, 11) is 0. The summed E-state index contributed by atoms with van der Waals surface area (Å²) in [6, 6.07) is 12.6. The summed E-state index contributed by atoms with van der Waals surface area (Å²) < 4.78 is 29.0. The number of nitrogens with one attached hydrogen (secondary N) is 1. The molecule has 0 saturated carbocycles. The van der Waals surface area contributed by atoms with E-state index in [0.29, 0.717) is 25.1 Å². The molecular formula is C22H21F2N3O4. The largest absolute Gasteiger partial charge is 0.435 e. The van der Waals surface area contributed by atoms with E-state index >= 15 is 0 Å². The maximum absolute atomic E-state index is 13.0. The Labute approximate surface area is 177 Å². The van der Waals surface area contributed by atoms with Crippen LogP contribution >= 0.6 is 0 Å². The number of imide groups is 1. The van der Waals surface area contributed by atoms with Gasteiger partial charge in [0, 0.05) is 13.1 Å². The van der Waals surface area contributed by atoms with E-state index in [1.165, 1.54) is 36.8 Å². The third-order valence-corrected chi connectivity index (χ3v) is 5.71. The average molecular weight is 429 g/mol. The number of carbonyl (C=O) groups is 3. The standard InChI is InChI=1S/C22H21F2N3O4/c1-22(16-6-8-17(9-7-16)31-20(23)24)19(29)27(21(30)25-22)13-18(28)26-11-10-14-4-2-3-5-15(14)12-26/h2-9,20H,10-13H2,1H3,(H,25,30)/t22-/m0/s1. The van der Waals surface area contributed by atoms with Gasteiger partial charge in [-0.2, -0.15) is 8.78 Å². The van der Waals surface area contributed by atoms with Crippen molar-refractivity contribution in [2.45, 2.75) is 32.0 Å². The lowest BCUT2D eigenvalue weighted by Gasteiger charge is -2.30. The molecule has 0 bridgehead atoms. The first-order chi connectivity index (χ1) is 14.8. The van der Waals surface area contributed by atoms with Crippen LogP contribution in [0, 0.1) is 0 Å². The van der Waals surface area contributed by atoms with Crippen molar-refractivity contribution in [2.75, 3.05) is 13.1 Å². The fourth-order valence-electron chi connectivity index (χ4n) is 3.95. The van der Waals surface area contributed by atoms with Crippen LogP contribution < -0.4 is 10.1 Å². The summed E-state index contributed by atoms with van der Waals surface area (Å²) in [4.78, 5) is 40.9. The monoisotopic (exact) mass is 429 g/mol. The van der Waals surface area contributed by atoms with Crippen molar-refractivity contribution in [3.8, 4) is 5.75 Å². The Kier molecular flexibility index (Phi) is 5.34. The second-order valence-electron chi connectivity index (χ2n) is 7.68. The fraction of sp³-hybridized carbons (Fsp3) is 0.318. The molecule has 31 heavy (non-hydrogen) atoms. The van der Waals surface area contributed by atoms with Gasteiger partial charge in [0.2, 0.25) is 5.91 Å². The third-order valence-electron chi connectivity index (χ3n) is 5.71. The van der Waals surface area contributed by atoms with Gasteiger partial charge in [-0.3, -0.25) is 14.5 Å². The molecule has 2 aromatic carbocycles. The van der Waals surface area contributed by atoms with Gasteiger partial charge in [0.1, 0.15) is 17.8 Å². The molecule has 0 unspecified atom stereocenters. The summed E-state index contributed by atoms with van der Waals surface area (Å²) in [5.74, 6) is -0.953. The maximum atomic E-state index is 13.0. The molecule has 1 saturated heterocycles. The zero-order chi connectivity index (χ0) is 22.2. The molecule has 1 fully saturated rings. The lowest BCUT2D eigenvalue weighted by Crippen LogP contribution is -2.45. The Hall–Kier alpha value is -3.49. The number of ether oxygens (including phenoxy) is 1. The van der Waals surface area contributed by atoms with Crippen LogP contribution in [0.5, 0.6) is 5.75 Å². The van der Waals surface area contributed by atoms with Gasteiger partial charge >= 0.3 is 12.6 Å². The fourth-order valence-corrected chi connectivity index (χ4v) is 3.95. The number of alkyl halides is 2. The van der Waals surface area contributed by atoms with E-state index in [4.69, 9.17) is 0 Å². The minimum Gasteiger partial charge on any atom is -0.435 e. The second kappa shape index (κ2) is 7.98. The molecule has 9 heteroatoms. The Morgan fingerprint density at radius 1 is 1.13 bits per heavy atom. The zero-order valence-corrected chi connectivity index (χ0v) is 16.8. The zero-order valence-electron chi connectivity index (χ0n) is 16.8. The number of halogens is 2. The van der Waals surface area contributed by atoms with Crippen molar-refractivity contribution in [2.24, 2.45) is 0 Å². The van der Waals surface area contributed by atoms with Gasteiger partial charge in [-0.05, 0) is 42.2 Å². The van der Waals surface area contributed by atoms with Crippen LogP contribution in [0.25, 0.3) is 0 Å². The topological polar surface area (TPSA) is 79.0 Å². The van der Waals surface area contributed by atoms with Gasteiger partial charge < -0.3 is 15.0 Å². The van der Waals surface area contributed by atoms with E-state index in [9.17, 15) is 23.2 Å². The van der Waals surface area contributed by atoms with Crippen molar-refractivity contribution >= 4 is 17.8 Å². The lowest BCUT2D eigenvalue weighted by molar-refractivity contribution is -0.139. The first-order valence-corrected chi connectivity index (χ1v) is 9.82. The number of urea groups is 1. The summed E-state index contributed by atoms with van der Waals surface area (Å²) in [5.41, 5.74) is 1.23. The second-order valence-corrected chi connectivity index (χ2v) is 7.68. The molecule has 4 amide bonds. The van der Waals surface area contributed by atoms with Gasteiger partial charge in [-0.1, -0.05) is 36.4 Å². The van der Waals surface area contributed by atoms with Crippen LogP contribution in [0.1, 0.15) is 23.6 Å². The molecule has 2 aliphatic rings. The Morgan fingerprint density at radius 2 is 1.81 bits per heavy atom. The number of nitrogens with zero attached hydrogens (tertiary/aromatic N) is 2. The van der Waals surface area contributed by atoms with Crippen LogP contribution in [-0.4, -0.2) is 47.3 Å². The van der Waals surface area contributed by atoms with Crippen LogP contribution in [0.4, 0.5) is 13.6 Å².